The Morgan fingerprint density at radius 3 is 1.78 bits per heavy atom. The number of hydrogen-bond acceptors (Lipinski definition) is 12. The molecule has 0 aliphatic carbocycles. The molecule has 14 nitrogen and oxygen atoms in total. The monoisotopic (exact) mass is 665 g/mol. The van der Waals surface area contributed by atoms with Gasteiger partial charge in [-0.25, -0.2) is 0 Å². The predicted molar refractivity (Wildman–Crippen MR) is 170 cm³/mol. The highest BCUT2D eigenvalue weighted by Gasteiger charge is 2.39. The minimum absolute atomic E-state index is 0.0235. The van der Waals surface area contributed by atoms with Crippen molar-refractivity contribution in [3.63, 3.8) is 0 Å². The van der Waals surface area contributed by atoms with Crippen LogP contribution >= 0.6 is 0 Å². The number of Topliss-reactive ketones (excluding diaryl/α,β-unsaturated/α-hetero) is 2. The third-order valence-corrected chi connectivity index (χ3v) is 7.76. The van der Waals surface area contributed by atoms with E-state index in [-0.39, 0.29) is 70.5 Å². The third-order valence-electron chi connectivity index (χ3n) is 7.21. The molecule has 262 valence electrons. The van der Waals surface area contributed by atoms with Crippen LogP contribution in [-0.4, -0.2) is 124 Å². The second-order valence-corrected chi connectivity index (χ2v) is 14.0. The zero-order valence-electron chi connectivity index (χ0n) is 28.1. The molecule has 1 amide bonds. The second-order valence-electron chi connectivity index (χ2n) is 13.2. The fraction of sp³-hybridized carbons (Fsp3) is 0.833. The summed E-state index contributed by atoms with van der Waals surface area (Å²) in [5, 5.41) is 27.9. The maximum atomic E-state index is 12.9. The van der Waals surface area contributed by atoms with Gasteiger partial charge in [0.2, 0.25) is 16.2 Å². The number of nitrogens with one attached hydrogen (secondary N) is 3. The van der Waals surface area contributed by atoms with Crippen molar-refractivity contribution in [2.24, 2.45) is 10.8 Å². The fourth-order valence-corrected chi connectivity index (χ4v) is 4.80. The molecule has 0 aromatic rings. The molecule has 0 fully saturated rings. The molecule has 0 aromatic carbocycles. The van der Waals surface area contributed by atoms with Gasteiger partial charge in [-0.2, -0.15) is 8.42 Å². The van der Waals surface area contributed by atoms with E-state index in [1.54, 1.807) is 41.5 Å². The van der Waals surface area contributed by atoms with Crippen LogP contribution in [0.15, 0.2) is 0 Å². The Balaban J connectivity index is 4.59. The van der Waals surface area contributed by atoms with E-state index in [0.29, 0.717) is 19.7 Å². The zero-order valence-corrected chi connectivity index (χ0v) is 28.9. The second kappa shape index (κ2) is 20.1. The van der Waals surface area contributed by atoms with E-state index in [0.717, 1.165) is 5.37 Å². The molecule has 0 saturated carbocycles. The molecule has 1 unspecified atom stereocenters. The first-order valence-electron chi connectivity index (χ1n) is 15.1. The molecule has 0 spiro atoms. The van der Waals surface area contributed by atoms with Crippen LogP contribution in [-0.2, 0) is 43.7 Å². The lowest BCUT2D eigenvalue weighted by Crippen LogP contribution is -2.49. The molecule has 1 atom stereocenters. The Bertz CT molecular complexity index is 1090. The van der Waals surface area contributed by atoms with Crippen LogP contribution in [0.3, 0.4) is 0 Å². The van der Waals surface area contributed by atoms with Gasteiger partial charge >= 0.3 is 5.97 Å². The Morgan fingerprint density at radius 1 is 0.756 bits per heavy atom. The van der Waals surface area contributed by atoms with E-state index in [1.807, 2.05) is 0 Å². The minimum Gasteiger partial charge on any atom is -0.481 e. The van der Waals surface area contributed by atoms with Gasteiger partial charge in [0.1, 0.15) is 6.61 Å². The van der Waals surface area contributed by atoms with Crippen molar-refractivity contribution in [1.82, 2.24) is 16.0 Å². The zero-order chi connectivity index (χ0) is 34.9. The molecular weight excluding hydrogens is 610 g/mol. The first kappa shape index (κ1) is 42.7. The van der Waals surface area contributed by atoms with Gasteiger partial charge in [0, 0.05) is 24.9 Å². The maximum Gasteiger partial charge on any atom is 0.309 e. The van der Waals surface area contributed by atoms with Crippen LogP contribution < -0.4 is 16.0 Å². The Hall–Kier alpha value is -2.27. The highest BCUT2D eigenvalue weighted by atomic mass is 32.2. The number of amides is 1. The van der Waals surface area contributed by atoms with E-state index < -0.39 is 50.1 Å². The summed E-state index contributed by atoms with van der Waals surface area (Å²) in [4.78, 5) is 49.8. The number of carbonyl (C=O) groups is 4. The highest BCUT2D eigenvalue weighted by Crippen LogP contribution is 2.34. The standard InChI is InChI=1S/C30H55N3O11S/c1-27(2,21-28(3,4)26(38)39)25(37)33-22(20-45(40)41)9-10-23(35)29(5,6)31-12-15-43-17-18-44-19-24(36)30(7,8)32-11-14-42-16-13-34/h20,22,31-32,34H,9-19,21H2,1-8H3,(H,33,37)(H,38,39). The molecule has 0 aromatic heterocycles. The van der Waals surface area contributed by atoms with Crippen LogP contribution in [0, 0.1) is 10.8 Å². The van der Waals surface area contributed by atoms with Gasteiger partial charge in [0.25, 0.3) is 0 Å². The molecule has 0 saturated heterocycles. The van der Waals surface area contributed by atoms with Gasteiger partial charge in [-0.1, -0.05) is 13.8 Å². The number of aliphatic carboxylic acids is 1. The molecular formula is C30H55N3O11S. The first-order valence-corrected chi connectivity index (χ1v) is 16.2. The summed E-state index contributed by atoms with van der Waals surface area (Å²) in [6.45, 7) is 15.1. The molecule has 0 rings (SSSR count). The summed E-state index contributed by atoms with van der Waals surface area (Å²) >= 11 is 0. The predicted octanol–water partition coefficient (Wildman–Crippen LogP) is 0.377. The summed E-state index contributed by atoms with van der Waals surface area (Å²) in [5.41, 5.74) is -4.02. The largest absolute Gasteiger partial charge is 0.481 e. The number of carboxylic acid groups (broad SMARTS) is 1. The van der Waals surface area contributed by atoms with Crippen LogP contribution in [0.5, 0.6) is 0 Å². The van der Waals surface area contributed by atoms with Crippen molar-refractivity contribution in [2.45, 2.75) is 91.8 Å². The SMILES string of the molecule is CC(C)(CC(C)(C)C(=O)NC(C=S(=O)=O)CCC(=O)C(C)(C)NCCOCCOCC(=O)C(C)(C)NCCOCCO)C(=O)O. The lowest BCUT2D eigenvalue weighted by atomic mass is 9.74. The van der Waals surface area contributed by atoms with Crippen LogP contribution in [0.25, 0.3) is 0 Å². The Morgan fingerprint density at radius 2 is 1.27 bits per heavy atom. The first-order chi connectivity index (χ1) is 20.7. The number of ether oxygens (including phenoxy) is 3. The van der Waals surface area contributed by atoms with Crippen molar-refractivity contribution < 1.29 is 52.0 Å². The lowest BCUT2D eigenvalue weighted by molar-refractivity contribution is -0.150. The van der Waals surface area contributed by atoms with Crippen LogP contribution in [0.4, 0.5) is 0 Å². The number of carboxylic acids is 1. The Labute approximate surface area is 268 Å². The summed E-state index contributed by atoms with van der Waals surface area (Å²) in [6, 6.07) is -0.940. The molecule has 0 radical (unpaired) electrons. The molecule has 0 heterocycles. The smallest absolute Gasteiger partial charge is 0.309 e. The van der Waals surface area contributed by atoms with E-state index >= 15 is 0 Å². The quantitative estimate of drug-likeness (QED) is 0.0626. The van der Waals surface area contributed by atoms with Crippen LogP contribution in [0.1, 0.15) is 74.7 Å². The summed E-state index contributed by atoms with van der Waals surface area (Å²) < 4.78 is 38.9. The van der Waals surface area contributed by atoms with Crippen molar-refractivity contribution in [3.05, 3.63) is 0 Å². The highest BCUT2D eigenvalue weighted by molar-refractivity contribution is 7.71. The number of ketones is 2. The molecule has 45 heavy (non-hydrogen) atoms. The number of aliphatic hydroxyl groups is 1. The van der Waals surface area contributed by atoms with Gasteiger partial charge in [-0.3, -0.25) is 19.2 Å². The van der Waals surface area contributed by atoms with E-state index in [9.17, 15) is 32.7 Å². The van der Waals surface area contributed by atoms with Gasteiger partial charge in [0.05, 0.1) is 67.5 Å². The van der Waals surface area contributed by atoms with Gasteiger partial charge in [0.15, 0.2) is 11.6 Å². The topological polar surface area (TPSA) is 207 Å². The molecule has 15 heteroatoms. The number of rotatable bonds is 26. The van der Waals surface area contributed by atoms with Gasteiger partial charge in [-0.05, 0) is 54.4 Å². The minimum atomic E-state index is -2.59. The summed E-state index contributed by atoms with van der Waals surface area (Å²) in [6.07, 6.45) is 0.0391. The maximum absolute atomic E-state index is 12.9. The number of hydrogen-bond donors (Lipinski definition) is 5. The molecule has 0 aliphatic rings. The Kier molecular flexibility index (Phi) is 19.1. The lowest BCUT2D eigenvalue weighted by Gasteiger charge is -2.32. The summed E-state index contributed by atoms with van der Waals surface area (Å²) in [5.74, 6) is -1.89. The molecule has 0 aliphatic heterocycles. The summed E-state index contributed by atoms with van der Waals surface area (Å²) in [7, 11) is -2.59. The number of carbonyl (C=O) groups excluding carboxylic acids is 3. The van der Waals surface area contributed by atoms with E-state index in [1.165, 1.54) is 13.8 Å². The third kappa shape index (κ3) is 17.9. The van der Waals surface area contributed by atoms with Gasteiger partial charge in [-0.15, -0.1) is 0 Å². The van der Waals surface area contributed by atoms with Crippen LogP contribution in [0.2, 0.25) is 0 Å². The fourth-order valence-electron chi connectivity index (χ4n) is 4.33. The van der Waals surface area contributed by atoms with Crippen molar-refractivity contribution in [1.29, 1.82) is 0 Å². The average Bonchev–Trinajstić information content (AvgIpc) is 2.91. The normalized spacial score (nSPS) is 13.3. The van der Waals surface area contributed by atoms with Crippen molar-refractivity contribution >= 4 is 39.1 Å². The molecule has 5 N–H and O–H groups in total. The van der Waals surface area contributed by atoms with E-state index in [4.69, 9.17) is 19.3 Å². The number of aliphatic hydroxyl groups excluding tert-OH is 1. The van der Waals surface area contributed by atoms with Gasteiger partial charge < -0.3 is 40.4 Å². The van der Waals surface area contributed by atoms with Crippen molar-refractivity contribution in [3.8, 4) is 0 Å². The average molecular weight is 666 g/mol. The molecule has 0 bridgehead atoms. The van der Waals surface area contributed by atoms with Crippen molar-refractivity contribution in [2.75, 3.05) is 59.3 Å². The van der Waals surface area contributed by atoms with E-state index in [2.05, 4.69) is 16.0 Å².